The van der Waals surface area contributed by atoms with Gasteiger partial charge in [0, 0.05) is 22.6 Å². The zero-order chi connectivity index (χ0) is 27.4. The van der Waals surface area contributed by atoms with Gasteiger partial charge in [0.05, 0.1) is 11.4 Å². The van der Waals surface area contributed by atoms with Crippen LogP contribution in [0.25, 0.3) is 5.57 Å². The lowest BCUT2D eigenvalue weighted by atomic mass is 9.89. The average Bonchev–Trinajstić information content (AvgIpc) is 2.93. The second kappa shape index (κ2) is 10.9. The van der Waals surface area contributed by atoms with Gasteiger partial charge in [0.2, 0.25) is 0 Å². The molecule has 0 saturated carbocycles. The molecular weight excluding hydrogens is 506 g/mol. The Bertz CT molecular complexity index is 1730. The number of nitrogens with two attached hydrogens (primary N) is 1. The highest BCUT2D eigenvalue weighted by molar-refractivity contribution is 7.86. The smallest absolute Gasteiger partial charge is 0.296 e. The summed E-state index contributed by atoms with van der Waals surface area (Å²) in [7, 11) is -4.40. The number of hydrogen-bond acceptors (Lipinski definition) is 5. The molecule has 0 aliphatic heterocycles. The third-order valence-electron chi connectivity index (χ3n) is 6.26. The van der Waals surface area contributed by atoms with Gasteiger partial charge in [-0.1, -0.05) is 66.2 Å². The first-order chi connectivity index (χ1) is 18.8. The predicted octanol–water partition coefficient (Wildman–Crippen LogP) is 7.27. The zero-order valence-corrected chi connectivity index (χ0v) is 22.1. The molecule has 4 aromatic rings. The number of hydrogen-bond donors (Lipinski definition) is 3. The Morgan fingerprint density at radius 3 is 2.13 bits per heavy atom. The van der Waals surface area contributed by atoms with Crippen molar-refractivity contribution >= 4 is 44.2 Å². The normalized spacial score (nSPS) is 12.9. The second-order valence-corrected chi connectivity index (χ2v) is 10.5. The van der Waals surface area contributed by atoms with Gasteiger partial charge in [-0.15, -0.1) is 0 Å². The molecule has 7 heteroatoms. The molecule has 0 amide bonds. The minimum absolute atomic E-state index is 0.168. The molecule has 194 valence electrons. The molecule has 6 nitrogen and oxygen atoms in total. The molecule has 4 aromatic carbocycles. The minimum Gasteiger partial charge on any atom is -0.398 e. The summed E-state index contributed by atoms with van der Waals surface area (Å²) in [4.78, 5) is 4.22. The molecule has 0 fully saturated rings. The highest BCUT2D eigenvalue weighted by atomic mass is 32.2. The molecule has 0 saturated heterocycles. The van der Waals surface area contributed by atoms with Crippen LogP contribution in [0.15, 0.2) is 137 Å². The fourth-order valence-electron chi connectivity index (χ4n) is 4.38. The maximum atomic E-state index is 11.8. The van der Waals surface area contributed by atoms with E-state index in [1.165, 1.54) is 6.07 Å². The van der Waals surface area contributed by atoms with E-state index in [1.807, 2.05) is 85.8 Å². The molecular formula is C32H27N3O3S. The van der Waals surface area contributed by atoms with Gasteiger partial charge in [-0.25, -0.2) is 4.99 Å². The van der Waals surface area contributed by atoms with Crippen molar-refractivity contribution in [1.82, 2.24) is 0 Å². The largest absolute Gasteiger partial charge is 0.398 e. The van der Waals surface area contributed by atoms with Crippen LogP contribution in [0.1, 0.15) is 16.7 Å². The van der Waals surface area contributed by atoms with Crippen LogP contribution >= 0.6 is 0 Å². The predicted molar refractivity (Wildman–Crippen MR) is 159 cm³/mol. The van der Waals surface area contributed by atoms with Crippen molar-refractivity contribution in [3.63, 3.8) is 0 Å². The minimum atomic E-state index is -4.40. The third kappa shape index (κ3) is 6.06. The van der Waals surface area contributed by atoms with Crippen LogP contribution in [0.4, 0.5) is 22.7 Å². The highest BCUT2D eigenvalue weighted by Gasteiger charge is 2.16. The van der Waals surface area contributed by atoms with Gasteiger partial charge in [-0.2, -0.15) is 8.42 Å². The fraction of sp³-hybridized carbons (Fsp3) is 0.0312. The number of aryl methyl sites for hydroxylation is 1. The van der Waals surface area contributed by atoms with Crippen LogP contribution in [0, 0.1) is 6.92 Å². The molecule has 1 aliphatic carbocycles. The summed E-state index contributed by atoms with van der Waals surface area (Å²) in [5.41, 5.74) is 14.7. The Labute approximate surface area is 228 Å². The van der Waals surface area contributed by atoms with E-state index < -0.39 is 10.1 Å². The summed E-state index contributed by atoms with van der Waals surface area (Å²) < 4.78 is 33.1. The molecule has 1 aliphatic rings. The third-order valence-corrected chi connectivity index (χ3v) is 7.16. The number of anilines is 3. The first-order valence-corrected chi connectivity index (χ1v) is 13.8. The van der Waals surface area contributed by atoms with Gasteiger partial charge in [0.15, 0.2) is 0 Å². The van der Waals surface area contributed by atoms with Gasteiger partial charge in [-0.05, 0) is 84.3 Å². The van der Waals surface area contributed by atoms with Crippen molar-refractivity contribution < 1.29 is 13.0 Å². The lowest BCUT2D eigenvalue weighted by molar-refractivity contribution is 0.483. The van der Waals surface area contributed by atoms with Crippen LogP contribution in [0.2, 0.25) is 0 Å². The lowest BCUT2D eigenvalue weighted by Crippen LogP contribution is -2.02. The Morgan fingerprint density at radius 1 is 0.795 bits per heavy atom. The highest BCUT2D eigenvalue weighted by Crippen LogP contribution is 2.35. The van der Waals surface area contributed by atoms with Gasteiger partial charge in [0.1, 0.15) is 4.90 Å². The number of benzene rings is 4. The van der Waals surface area contributed by atoms with Crippen molar-refractivity contribution in [3.8, 4) is 0 Å². The number of nitrogens with zero attached hydrogens (tertiary/aromatic N) is 1. The Morgan fingerprint density at radius 2 is 1.44 bits per heavy atom. The molecule has 0 radical (unpaired) electrons. The fourth-order valence-corrected chi connectivity index (χ4v) is 5.01. The van der Waals surface area contributed by atoms with E-state index in [0.29, 0.717) is 11.4 Å². The maximum Gasteiger partial charge on any atom is 0.296 e. The second-order valence-electron chi connectivity index (χ2n) is 9.14. The number of nitrogen functional groups attached to an aromatic ring is 1. The standard InChI is InChI=1S/C32H27N3O3S/c1-22-11-20-29(33)28(21-22)32(23-12-16-26(17-13-23)34-25-7-3-2-4-8-25)24-14-18-27(19-15-24)35-30-9-5-6-10-31(30)39(36,37)38/h2-21,34H,33H2,1H3,(H,36,37,38). The maximum absolute atomic E-state index is 11.8. The number of nitrogens with one attached hydrogen (secondary N) is 1. The first kappa shape index (κ1) is 25.9. The Balaban J connectivity index is 1.54. The van der Waals surface area contributed by atoms with E-state index in [0.717, 1.165) is 39.2 Å². The van der Waals surface area contributed by atoms with Crippen molar-refractivity contribution in [2.24, 2.45) is 4.99 Å². The first-order valence-electron chi connectivity index (χ1n) is 12.3. The SMILES string of the molecule is Cc1ccc(N)c(C(=C2C=CC(=Nc3ccccc3S(=O)(=O)O)C=C2)c2ccc(Nc3ccccc3)cc2)c1. The van der Waals surface area contributed by atoms with Gasteiger partial charge >= 0.3 is 0 Å². The molecule has 0 atom stereocenters. The van der Waals surface area contributed by atoms with E-state index >= 15 is 0 Å². The number of aliphatic imine (C=N–C) groups is 1. The Hall–Kier alpha value is -4.72. The van der Waals surface area contributed by atoms with Crippen molar-refractivity contribution in [1.29, 1.82) is 0 Å². The summed E-state index contributed by atoms with van der Waals surface area (Å²) in [5.74, 6) is 0. The molecule has 0 spiro atoms. The summed E-state index contributed by atoms with van der Waals surface area (Å²) >= 11 is 0. The van der Waals surface area contributed by atoms with E-state index in [9.17, 15) is 13.0 Å². The van der Waals surface area contributed by atoms with Gasteiger partial charge in [-0.3, -0.25) is 4.55 Å². The average molecular weight is 534 g/mol. The van der Waals surface area contributed by atoms with E-state index in [-0.39, 0.29) is 10.6 Å². The summed E-state index contributed by atoms with van der Waals surface area (Å²) in [6.07, 6.45) is 7.49. The van der Waals surface area contributed by atoms with Crippen LogP contribution in [-0.4, -0.2) is 18.7 Å². The van der Waals surface area contributed by atoms with E-state index in [2.05, 4.69) is 28.5 Å². The van der Waals surface area contributed by atoms with Gasteiger partial charge in [0.25, 0.3) is 10.1 Å². The molecule has 5 rings (SSSR count). The summed E-state index contributed by atoms with van der Waals surface area (Å²) in [5, 5.41) is 3.41. The zero-order valence-electron chi connectivity index (χ0n) is 21.2. The van der Waals surface area contributed by atoms with Gasteiger partial charge < -0.3 is 11.1 Å². The van der Waals surface area contributed by atoms with Crippen LogP contribution in [0.3, 0.4) is 0 Å². The number of rotatable bonds is 6. The molecule has 0 unspecified atom stereocenters. The van der Waals surface area contributed by atoms with Crippen molar-refractivity contribution in [3.05, 3.63) is 144 Å². The Kier molecular flexibility index (Phi) is 7.27. The molecule has 4 N–H and O–H groups in total. The number of para-hydroxylation sites is 2. The van der Waals surface area contributed by atoms with Crippen LogP contribution in [0.5, 0.6) is 0 Å². The number of allylic oxidation sites excluding steroid dienone is 5. The quantitative estimate of drug-likeness (QED) is 0.179. The molecule has 0 bridgehead atoms. The lowest BCUT2D eigenvalue weighted by Gasteiger charge is -2.17. The van der Waals surface area contributed by atoms with Crippen molar-refractivity contribution in [2.75, 3.05) is 11.1 Å². The summed E-state index contributed by atoms with van der Waals surface area (Å²) in [6, 6.07) is 30.2. The summed E-state index contributed by atoms with van der Waals surface area (Å²) in [6.45, 7) is 2.03. The molecule has 0 aromatic heterocycles. The topological polar surface area (TPSA) is 105 Å². The molecule has 39 heavy (non-hydrogen) atoms. The van der Waals surface area contributed by atoms with Crippen molar-refractivity contribution in [2.45, 2.75) is 11.8 Å². The monoisotopic (exact) mass is 533 g/mol. The molecule has 0 heterocycles. The van der Waals surface area contributed by atoms with E-state index in [4.69, 9.17) is 5.73 Å². The van der Waals surface area contributed by atoms with E-state index in [1.54, 1.807) is 18.2 Å². The van der Waals surface area contributed by atoms with Crippen LogP contribution < -0.4 is 11.1 Å². The van der Waals surface area contributed by atoms with Crippen LogP contribution in [-0.2, 0) is 10.1 Å².